The first-order chi connectivity index (χ1) is 7.69. The van der Waals surface area contributed by atoms with E-state index >= 15 is 0 Å². The van der Waals surface area contributed by atoms with Crippen LogP contribution in [0.3, 0.4) is 0 Å². The summed E-state index contributed by atoms with van der Waals surface area (Å²) in [7, 11) is 0. The zero-order chi connectivity index (χ0) is 12.0. The lowest BCUT2D eigenvalue weighted by molar-refractivity contribution is 0.250. The van der Waals surface area contributed by atoms with Crippen LogP contribution in [0.5, 0.6) is 0 Å². The third-order valence-corrected chi connectivity index (χ3v) is 4.26. The number of hydrogen-bond donors (Lipinski definition) is 2. The van der Waals surface area contributed by atoms with E-state index in [-0.39, 0.29) is 17.9 Å². The van der Waals surface area contributed by atoms with E-state index in [0.29, 0.717) is 5.92 Å². The molecule has 0 saturated carbocycles. The lowest BCUT2D eigenvalue weighted by atomic mass is 10.1. The highest BCUT2D eigenvalue weighted by atomic mass is 32.2. The summed E-state index contributed by atoms with van der Waals surface area (Å²) in [5.41, 5.74) is 6.09. The molecule has 0 radical (unpaired) electrons. The fourth-order valence-electron chi connectivity index (χ4n) is 1.40. The van der Waals surface area contributed by atoms with E-state index in [4.69, 9.17) is 15.3 Å². The van der Waals surface area contributed by atoms with Crippen LogP contribution in [0.4, 0.5) is 0 Å². The van der Waals surface area contributed by atoms with Crippen molar-refractivity contribution in [2.24, 2.45) is 11.7 Å². The first-order valence-electron chi connectivity index (χ1n) is 5.70. The predicted octanol–water partition coefficient (Wildman–Crippen LogP) is 2.42. The van der Waals surface area contributed by atoms with Crippen LogP contribution in [0.25, 0.3) is 0 Å². The Bertz CT molecular complexity index is 277. The SMILES string of the molecule is CCC(N)C(SCC(C)CO)c1ccco1. The fraction of sp³-hybridized carbons (Fsp3) is 0.667. The molecule has 0 spiro atoms. The number of aliphatic hydroxyl groups excluding tert-OH is 1. The summed E-state index contributed by atoms with van der Waals surface area (Å²) in [4.78, 5) is 0. The molecule has 0 aliphatic rings. The van der Waals surface area contributed by atoms with Gasteiger partial charge in [0.2, 0.25) is 0 Å². The molecular formula is C12H21NO2S. The molecule has 3 nitrogen and oxygen atoms in total. The van der Waals surface area contributed by atoms with Crippen molar-refractivity contribution >= 4 is 11.8 Å². The fourth-order valence-corrected chi connectivity index (χ4v) is 2.78. The summed E-state index contributed by atoms with van der Waals surface area (Å²) < 4.78 is 5.42. The summed E-state index contributed by atoms with van der Waals surface area (Å²) in [6.45, 7) is 4.33. The Morgan fingerprint density at radius 2 is 2.31 bits per heavy atom. The standard InChI is InChI=1S/C12H21NO2S/c1-3-10(13)12(11-5-4-6-15-11)16-8-9(2)7-14/h4-6,9-10,12,14H,3,7-8,13H2,1-2H3. The normalized spacial score (nSPS) is 17.0. The lowest BCUT2D eigenvalue weighted by Crippen LogP contribution is -2.26. The maximum atomic E-state index is 9.01. The maximum absolute atomic E-state index is 9.01. The molecule has 1 aromatic rings. The van der Waals surface area contributed by atoms with E-state index in [0.717, 1.165) is 17.9 Å². The Morgan fingerprint density at radius 1 is 1.56 bits per heavy atom. The number of furan rings is 1. The van der Waals surface area contributed by atoms with Gasteiger partial charge in [-0.2, -0.15) is 0 Å². The molecule has 0 amide bonds. The largest absolute Gasteiger partial charge is 0.468 e. The summed E-state index contributed by atoms with van der Waals surface area (Å²) in [6.07, 6.45) is 2.60. The van der Waals surface area contributed by atoms with Crippen LogP contribution in [0.1, 0.15) is 31.3 Å². The Kier molecular flexibility index (Phi) is 5.95. The molecule has 0 bridgehead atoms. The molecule has 3 N–H and O–H groups in total. The van der Waals surface area contributed by atoms with E-state index in [1.54, 1.807) is 18.0 Å². The zero-order valence-electron chi connectivity index (χ0n) is 9.93. The number of thioether (sulfide) groups is 1. The molecule has 0 fully saturated rings. The zero-order valence-corrected chi connectivity index (χ0v) is 10.7. The Balaban J connectivity index is 2.58. The second kappa shape index (κ2) is 6.99. The number of aliphatic hydroxyl groups is 1. The van der Waals surface area contributed by atoms with Crippen LogP contribution in [0, 0.1) is 5.92 Å². The van der Waals surface area contributed by atoms with Crippen molar-refractivity contribution in [2.45, 2.75) is 31.6 Å². The van der Waals surface area contributed by atoms with Crippen LogP contribution >= 0.6 is 11.8 Å². The van der Waals surface area contributed by atoms with E-state index in [1.165, 1.54) is 0 Å². The molecule has 0 aromatic carbocycles. The highest BCUT2D eigenvalue weighted by molar-refractivity contribution is 7.99. The van der Waals surface area contributed by atoms with Crippen LogP contribution in [0.2, 0.25) is 0 Å². The third-order valence-electron chi connectivity index (χ3n) is 2.56. The van der Waals surface area contributed by atoms with Crippen molar-refractivity contribution in [3.63, 3.8) is 0 Å². The lowest BCUT2D eigenvalue weighted by Gasteiger charge is -2.21. The molecule has 16 heavy (non-hydrogen) atoms. The minimum atomic E-state index is 0.0991. The van der Waals surface area contributed by atoms with E-state index < -0.39 is 0 Å². The second-order valence-corrected chi connectivity index (χ2v) is 5.30. The van der Waals surface area contributed by atoms with Crippen LogP contribution in [0.15, 0.2) is 22.8 Å². The highest BCUT2D eigenvalue weighted by Crippen LogP contribution is 2.33. The number of hydrogen-bond acceptors (Lipinski definition) is 4. The van der Waals surface area contributed by atoms with Gasteiger partial charge in [0.05, 0.1) is 11.5 Å². The topological polar surface area (TPSA) is 59.4 Å². The summed E-state index contributed by atoms with van der Waals surface area (Å²) in [6, 6.07) is 3.96. The molecule has 4 heteroatoms. The van der Waals surface area contributed by atoms with Gasteiger partial charge < -0.3 is 15.3 Å². The minimum Gasteiger partial charge on any atom is -0.468 e. The van der Waals surface area contributed by atoms with Crippen molar-refractivity contribution in [3.05, 3.63) is 24.2 Å². The van der Waals surface area contributed by atoms with Crippen LogP contribution in [-0.4, -0.2) is 23.5 Å². The van der Waals surface area contributed by atoms with Crippen LogP contribution < -0.4 is 5.73 Å². The van der Waals surface area contributed by atoms with Crippen molar-refractivity contribution in [1.29, 1.82) is 0 Å². The van der Waals surface area contributed by atoms with Gasteiger partial charge in [-0.3, -0.25) is 0 Å². The summed E-state index contributed by atoms with van der Waals surface area (Å²) in [5.74, 6) is 2.13. The quantitative estimate of drug-likeness (QED) is 0.772. The van der Waals surface area contributed by atoms with Gasteiger partial charge in [0.1, 0.15) is 5.76 Å². The monoisotopic (exact) mass is 243 g/mol. The third kappa shape index (κ3) is 3.85. The average molecular weight is 243 g/mol. The highest BCUT2D eigenvalue weighted by Gasteiger charge is 2.22. The molecule has 3 unspecified atom stereocenters. The molecule has 1 rings (SSSR count). The molecule has 92 valence electrons. The van der Waals surface area contributed by atoms with Crippen molar-refractivity contribution < 1.29 is 9.52 Å². The van der Waals surface area contributed by atoms with Gasteiger partial charge in [-0.05, 0) is 30.2 Å². The Labute approximate surface area is 101 Å². The minimum absolute atomic E-state index is 0.0991. The van der Waals surface area contributed by atoms with E-state index in [2.05, 4.69) is 6.92 Å². The van der Waals surface area contributed by atoms with Gasteiger partial charge in [-0.1, -0.05) is 13.8 Å². The number of nitrogens with two attached hydrogens (primary N) is 1. The molecule has 0 aliphatic carbocycles. The van der Waals surface area contributed by atoms with Gasteiger partial charge in [0, 0.05) is 12.6 Å². The van der Waals surface area contributed by atoms with Crippen molar-refractivity contribution in [3.8, 4) is 0 Å². The molecule has 3 atom stereocenters. The van der Waals surface area contributed by atoms with Gasteiger partial charge >= 0.3 is 0 Å². The van der Waals surface area contributed by atoms with E-state index in [9.17, 15) is 0 Å². The first-order valence-corrected chi connectivity index (χ1v) is 6.75. The maximum Gasteiger partial charge on any atom is 0.118 e. The Hall–Kier alpha value is -0.450. The number of rotatable bonds is 7. The molecule has 0 aliphatic heterocycles. The van der Waals surface area contributed by atoms with Gasteiger partial charge in [0.25, 0.3) is 0 Å². The van der Waals surface area contributed by atoms with Gasteiger partial charge in [-0.25, -0.2) is 0 Å². The molecule has 0 saturated heterocycles. The van der Waals surface area contributed by atoms with E-state index in [1.807, 2.05) is 19.1 Å². The summed E-state index contributed by atoms with van der Waals surface area (Å²) in [5, 5.41) is 9.19. The van der Waals surface area contributed by atoms with Crippen LogP contribution in [-0.2, 0) is 0 Å². The van der Waals surface area contributed by atoms with Crippen molar-refractivity contribution in [1.82, 2.24) is 0 Å². The summed E-state index contributed by atoms with van der Waals surface area (Å²) >= 11 is 1.77. The van der Waals surface area contributed by atoms with Gasteiger partial charge in [0.15, 0.2) is 0 Å². The van der Waals surface area contributed by atoms with Gasteiger partial charge in [-0.15, -0.1) is 11.8 Å². The predicted molar refractivity (Wildman–Crippen MR) is 68.4 cm³/mol. The van der Waals surface area contributed by atoms with Crippen molar-refractivity contribution in [2.75, 3.05) is 12.4 Å². The molecule has 1 heterocycles. The Morgan fingerprint density at radius 3 is 2.81 bits per heavy atom. The molecular weight excluding hydrogens is 222 g/mol. The smallest absolute Gasteiger partial charge is 0.118 e. The first kappa shape index (κ1) is 13.6. The average Bonchev–Trinajstić information content (AvgIpc) is 2.82. The molecule has 1 aromatic heterocycles. The second-order valence-electron chi connectivity index (χ2n) is 4.13.